The smallest absolute Gasteiger partial charge is 0.142 e. The number of methoxy groups -OCH3 is 1. The molecule has 2 fully saturated rings. The molecule has 2 aliphatic rings. The van der Waals surface area contributed by atoms with Crippen LogP contribution >= 0.6 is 0 Å². The van der Waals surface area contributed by atoms with Gasteiger partial charge in [-0.3, -0.25) is 4.90 Å². The summed E-state index contributed by atoms with van der Waals surface area (Å²) in [5.74, 6) is 0.989. The van der Waals surface area contributed by atoms with Crippen molar-refractivity contribution in [2.24, 2.45) is 5.41 Å². The van der Waals surface area contributed by atoms with Crippen LogP contribution in [0.15, 0.2) is 18.2 Å². The van der Waals surface area contributed by atoms with Crippen LogP contribution in [0.4, 0.5) is 5.69 Å². The zero-order valence-electron chi connectivity index (χ0n) is 13.4. The van der Waals surface area contributed by atoms with E-state index in [2.05, 4.69) is 41.8 Å². The fraction of sp³-hybridized carbons (Fsp3) is 0.647. The number of hydrogen-bond donors (Lipinski definition) is 0. The van der Waals surface area contributed by atoms with Crippen molar-refractivity contribution in [2.75, 3.05) is 57.9 Å². The Morgan fingerprint density at radius 3 is 2.48 bits per heavy atom. The Bertz CT molecular complexity index is 492. The van der Waals surface area contributed by atoms with Crippen molar-refractivity contribution in [3.63, 3.8) is 0 Å². The second-order valence-electron chi connectivity index (χ2n) is 6.74. The predicted molar refractivity (Wildman–Crippen MR) is 85.3 cm³/mol. The van der Waals surface area contributed by atoms with E-state index >= 15 is 0 Å². The van der Waals surface area contributed by atoms with Gasteiger partial charge in [0.15, 0.2) is 0 Å². The molecule has 1 aromatic rings. The highest BCUT2D eigenvalue weighted by Crippen LogP contribution is 2.31. The minimum Gasteiger partial charge on any atom is -0.495 e. The number of aryl methyl sites for hydroxylation is 1. The van der Waals surface area contributed by atoms with Crippen molar-refractivity contribution in [1.29, 1.82) is 0 Å². The van der Waals surface area contributed by atoms with Crippen molar-refractivity contribution in [2.45, 2.75) is 13.8 Å². The molecular weight excluding hydrogens is 264 g/mol. The highest BCUT2D eigenvalue weighted by molar-refractivity contribution is 5.60. The van der Waals surface area contributed by atoms with Gasteiger partial charge in [0.2, 0.25) is 0 Å². The third kappa shape index (κ3) is 3.16. The van der Waals surface area contributed by atoms with Crippen LogP contribution in [-0.2, 0) is 4.74 Å². The summed E-state index contributed by atoms with van der Waals surface area (Å²) in [6, 6.07) is 6.47. The first-order valence-corrected chi connectivity index (χ1v) is 7.79. The molecule has 0 N–H and O–H groups in total. The van der Waals surface area contributed by atoms with Gasteiger partial charge in [-0.05, 0) is 24.6 Å². The molecule has 2 saturated heterocycles. The maximum absolute atomic E-state index is 5.54. The fourth-order valence-corrected chi connectivity index (χ4v) is 3.27. The molecule has 4 heteroatoms. The van der Waals surface area contributed by atoms with E-state index in [0.29, 0.717) is 5.41 Å². The van der Waals surface area contributed by atoms with E-state index in [-0.39, 0.29) is 0 Å². The molecule has 116 valence electrons. The third-order valence-electron chi connectivity index (χ3n) is 4.55. The average molecular weight is 290 g/mol. The maximum Gasteiger partial charge on any atom is 0.142 e. The minimum absolute atomic E-state index is 0.379. The molecule has 0 aliphatic carbocycles. The lowest BCUT2D eigenvalue weighted by molar-refractivity contribution is -0.115. The first-order chi connectivity index (χ1) is 10.1. The van der Waals surface area contributed by atoms with E-state index in [9.17, 15) is 0 Å². The Hall–Kier alpha value is -1.26. The lowest BCUT2D eigenvalue weighted by atomic mass is 9.88. The Balaban J connectivity index is 1.60. The molecule has 0 amide bonds. The Morgan fingerprint density at radius 2 is 1.90 bits per heavy atom. The average Bonchev–Trinajstić information content (AvgIpc) is 2.46. The highest BCUT2D eigenvalue weighted by Gasteiger charge is 2.35. The van der Waals surface area contributed by atoms with Crippen LogP contribution in [0, 0.1) is 12.3 Å². The van der Waals surface area contributed by atoms with Gasteiger partial charge in [-0.1, -0.05) is 13.0 Å². The molecule has 1 aromatic carbocycles. The molecule has 4 nitrogen and oxygen atoms in total. The topological polar surface area (TPSA) is 24.9 Å². The minimum atomic E-state index is 0.379. The quantitative estimate of drug-likeness (QED) is 0.848. The van der Waals surface area contributed by atoms with Crippen LogP contribution in [0.2, 0.25) is 0 Å². The van der Waals surface area contributed by atoms with Gasteiger partial charge in [0.1, 0.15) is 5.75 Å². The third-order valence-corrected chi connectivity index (χ3v) is 4.55. The lowest BCUT2D eigenvalue weighted by Gasteiger charge is -2.44. The largest absolute Gasteiger partial charge is 0.495 e. The summed E-state index contributed by atoms with van der Waals surface area (Å²) < 4.78 is 10.9. The van der Waals surface area contributed by atoms with Gasteiger partial charge in [0.05, 0.1) is 26.0 Å². The molecule has 0 spiro atoms. The van der Waals surface area contributed by atoms with Crippen molar-refractivity contribution in [3.05, 3.63) is 23.8 Å². The van der Waals surface area contributed by atoms with E-state index in [4.69, 9.17) is 9.47 Å². The van der Waals surface area contributed by atoms with Crippen LogP contribution in [0.1, 0.15) is 12.5 Å². The first kappa shape index (κ1) is 14.7. The summed E-state index contributed by atoms with van der Waals surface area (Å²) in [5, 5.41) is 0. The summed E-state index contributed by atoms with van der Waals surface area (Å²) in [5.41, 5.74) is 2.84. The maximum atomic E-state index is 5.54. The second-order valence-corrected chi connectivity index (χ2v) is 6.74. The van der Waals surface area contributed by atoms with E-state index in [1.165, 1.54) is 11.3 Å². The summed E-state index contributed by atoms with van der Waals surface area (Å²) >= 11 is 0. The fourth-order valence-electron chi connectivity index (χ4n) is 3.27. The molecule has 21 heavy (non-hydrogen) atoms. The summed E-state index contributed by atoms with van der Waals surface area (Å²) in [4.78, 5) is 5.01. The van der Waals surface area contributed by atoms with Crippen molar-refractivity contribution in [1.82, 2.24) is 4.90 Å². The van der Waals surface area contributed by atoms with E-state index in [0.717, 1.165) is 51.7 Å². The normalized spacial score (nSPS) is 22.0. The van der Waals surface area contributed by atoms with Gasteiger partial charge in [0.25, 0.3) is 0 Å². The number of anilines is 1. The van der Waals surface area contributed by atoms with Gasteiger partial charge in [-0.2, -0.15) is 0 Å². The SMILES string of the molecule is COc1cc(C)ccc1N1CCN(CC2(C)COC2)CC1. The molecule has 0 aromatic heterocycles. The van der Waals surface area contributed by atoms with Gasteiger partial charge in [-0.15, -0.1) is 0 Å². The molecule has 2 heterocycles. The molecule has 2 aliphatic heterocycles. The number of hydrogen-bond acceptors (Lipinski definition) is 4. The molecule has 0 unspecified atom stereocenters. The zero-order valence-corrected chi connectivity index (χ0v) is 13.4. The molecule has 0 bridgehead atoms. The molecule has 0 atom stereocenters. The number of nitrogens with zero attached hydrogens (tertiary/aromatic N) is 2. The first-order valence-electron chi connectivity index (χ1n) is 7.79. The van der Waals surface area contributed by atoms with Gasteiger partial charge in [-0.25, -0.2) is 0 Å². The van der Waals surface area contributed by atoms with Crippen LogP contribution in [0.3, 0.4) is 0 Å². The van der Waals surface area contributed by atoms with Crippen molar-refractivity contribution < 1.29 is 9.47 Å². The second kappa shape index (κ2) is 5.85. The van der Waals surface area contributed by atoms with Crippen LogP contribution in [0.5, 0.6) is 5.75 Å². The standard InChI is InChI=1S/C17H26N2O2/c1-14-4-5-15(16(10-14)20-3)19-8-6-18(7-9-19)11-17(2)12-21-13-17/h4-5,10H,6-9,11-13H2,1-3H3. The van der Waals surface area contributed by atoms with Crippen LogP contribution in [-0.4, -0.2) is 57.9 Å². The van der Waals surface area contributed by atoms with Gasteiger partial charge in [0, 0.05) is 38.1 Å². The number of benzene rings is 1. The summed E-state index contributed by atoms with van der Waals surface area (Å²) in [6.45, 7) is 11.8. The Labute approximate surface area is 127 Å². The van der Waals surface area contributed by atoms with Crippen LogP contribution in [0.25, 0.3) is 0 Å². The van der Waals surface area contributed by atoms with Crippen LogP contribution < -0.4 is 9.64 Å². The number of ether oxygens (including phenoxy) is 2. The summed E-state index contributed by atoms with van der Waals surface area (Å²) in [6.07, 6.45) is 0. The van der Waals surface area contributed by atoms with Crippen molar-refractivity contribution in [3.8, 4) is 5.75 Å². The molecular formula is C17H26N2O2. The van der Waals surface area contributed by atoms with Crippen molar-refractivity contribution >= 4 is 5.69 Å². The van der Waals surface area contributed by atoms with Gasteiger partial charge < -0.3 is 14.4 Å². The molecule has 3 rings (SSSR count). The lowest BCUT2D eigenvalue weighted by Crippen LogP contribution is -2.54. The Morgan fingerprint density at radius 1 is 1.19 bits per heavy atom. The zero-order chi connectivity index (χ0) is 14.9. The Kier molecular flexibility index (Phi) is 4.09. The van der Waals surface area contributed by atoms with Gasteiger partial charge >= 0.3 is 0 Å². The van der Waals surface area contributed by atoms with E-state index in [1.54, 1.807) is 7.11 Å². The monoisotopic (exact) mass is 290 g/mol. The van der Waals surface area contributed by atoms with E-state index in [1.807, 2.05) is 0 Å². The number of rotatable bonds is 4. The molecule has 0 saturated carbocycles. The predicted octanol–water partition coefficient (Wildman–Crippen LogP) is 2.16. The van der Waals surface area contributed by atoms with E-state index < -0.39 is 0 Å². The summed E-state index contributed by atoms with van der Waals surface area (Å²) in [7, 11) is 1.76. The number of piperazine rings is 1. The highest BCUT2D eigenvalue weighted by atomic mass is 16.5. The molecule has 0 radical (unpaired) electrons.